The monoisotopic (exact) mass is 293 g/mol. The fourth-order valence-corrected chi connectivity index (χ4v) is 3.14. The molecule has 0 radical (unpaired) electrons. The predicted molar refractivity (Wildman–Crippen MR) is 78.5 cm³/mol. The highest BCUT2D eigenvalue weighted by Gasteiger charge is 2.21. The third kappa shape index (κ3) is 3.41. The molecular formula is C16H23NO4. The molecule has 5 nitrogen and oxygen atoms in total. The van der Waals surface area contributed by atoms with E-state index in [0.717, 1.165) is 12.0 Å². The lowest BCUT2D eigenvalue weighted by molar-refractivity contribution is 0.0850. The molecule has 3 N–H and O–H groups in total. The summed E-state index contributed by atoms with van der Waals surface area (Å²) in [6, 6.07) is 3.65. The van der Waals surface area contributed by atoms with Gasteiger partial charge in [0.05, 0.1) is 6.10 Å². The number of benzene rings is 1. The number of nitrogens with two attached hydrogens (primary N) is 1. The van der Waals surface area contributed by atoms with Gasteiger partial charge in [-0.25, -0.2) is 0 Å². The molecule has 0 saturated heterocycles. The molecular weight excluding hydrogens is 270 g/mol. The Labute approximate surface area is 125 Å². The van der Waals surface area contributed by atoms with Gasteiger partial charge in [-0.15, -0.1) is 0 Å². The van der Waals surface area contributed by atoms with Crippen LogP contribution in [-0.4, -0.2) is 24.6 Å². The van der Waals surface area contributed by atoms with E-state index in [1.54, 1.807) is 6.07 Å². The van der Waals surface area contributed by atoms with Gasteiger partial charge in [0.2, 0.25) is 6.79 Å². The highest BCUT2D eigenvalue weighted by atomic mass is 16.7. The van der Waals surface area contributed by atoms with Crippen LogP contribution in [0.1, 0.15) is 37.7 Å². The molecule has 2 aliphatic rings. The molecule has 0 amide bonds. The van der Waals surface area contributed by atoms with Crippen LogP contribution in [0.5, 0.6) is 17.2 Å². The number of fused-ring (bicyclic) bond motifs is 1. The molecule has 5 heteroatoms. The summed E-state index contributed by atoms with van der Waals surface area (Å²) in [6.45, 7) is 0.890. The lowest BCUT2D eigenvalue weighted by atomic mass is 10.0. The fraction of sp³-hybridized carbons (Fsp3) is 0.625. The minimum atomic E-state index is -0.427. The maximum Gasteiger partial charge on any atom is 0.231 e. The number of ether oxygens (including phenoxy) is 3. The fourth-order valence-electron chi connectivity index (χ4n) is 3.14. The average molecular weight is 293 g/mol. The molecule has 1 aromatic rings. The Morgan fingerprint density at radius 2 is 1.95 bits per heavy atom. The molecule has 21 heavy (non-hydrogen) atoms. The zero-order chi connectivity index (χ0) is 14.7. The highest BCUT2D eigenvalue weighted by Crippen LogP contribution is 2.38. The Bertz CT molecular complexity index is 485. The van der Waals surface area contributed by atoms with Crippen LogP contribution in [0.4, 0.5) is 0 Å². The van der Waals surface area contributed by atoms with Crippen molar-refractivity contribution in [2.24, 2.45) is 11.7 Å². The summed E-state index contributed by atoms with van der Waals surface area (Å²) >= 11 is 0. The summed E-state index contributed by atoms with van der Waals surface area (Å²) in [7, 11) is 0. The average Bonchev–Trinajstić information content (AvgIpc) is 3.14. The molecule has 1 atom stereocenters. The van der Waals surface area contributed by atoms with Crippen molar-refractivity contribution in [3.63, 3.8) is 0 Å². The van der Waals surface area contributed by atoms with E-state index in [0.29, 0.717) is 36.3 Å². The minimum absolute atomic E-state index is 0.229. The summed E-state index contributed by atoms with van der Waals surface area (Å²) < 4.78 is 16.4. The van der Waals surface area contributed by atoms with Crippen molar-refractivity contribution in [3.05, 3.63) is 17.7 Å². The first-order chi connectivity index (χ1) is 10.3. The second-order valence-electron chi connectivity index (χ2n) is 5.87. The zero-order valence-corrected chi connectivity index (χ0v) is 12.2. The molecule has 1 unspecified atom stereocenters. The first-order valence-corrected chi connectivity index (χ1v) is 7.69. The first-order valence-electron chi connectivity index (χ1n) is 7.69. The number of aliphatic hydroxyl groups is 1. The van der Waals surface area contributed by atoms with Crippen LogP contribution in [0, 0.1) is 5.92 Å². The third-order valence-electron chi connectivity index (χ3n) is 4.29. The van der Waals surface area contributed by atoms with Crippen molar-refractivity contribution in [2.45, 2.75) is 44.8 Å². The maximum absolute atomic E-state index is 10.1. The number of hydrogen-bond donors (Lipinski definition) is 2. The molecule has 1 saturated carbocycles. The van der Waals surface area contributed by atoms with E-state index in [4.69, 9.17) is 19.9 Å². The smallest absolute Gasteiger partial charge is 0.231 e. The maximum atomic E-state index is 10.1. The SMILES string of the molecule is NCc1cc2c(cc1OCC(O)CC1CCCC1)OCO2. The van der Waals surface area contributed by atoms with Crippen LogP contribution in [0.15, 0.2) is 12.1 Å². The van der Waals surface area contributed by atoms with Crippen LogP contribution in [-0.2, 0) is 6.54 Å². The molecule has 3 rings (SSSR count). The lowest BCUT2D eigenvalue weighted by Gasteiger charge is -2.17. The van der Waals surface area contributed by atoms with Gasteiger partial charge < -0.3 is 25.1 Å². The molecule has 1 fully saturated rings. The van der Waals surface area contributed by atoms with Gasteiger partial charge in [0.15, 0.2) is 11.5 Å². The Balaban J connectivity index is 1.59. The number of hydrogen-bond acceptors (Lipinski definition) is 5. The minimum Gasteiger partial charge on any atom is -0.490 e. The largest absolute Gasteiger partial charge is 0.490 e. The van der Waals surface area contributed by atoms with E-state index in [1.165, 1.54) is 25.7 Å². The van der Waals surface area contributed by atoms with E-state index in [1.807, 2.05) is 6.07 Å². The van der Waals surface area contributed by atoms with Crippen LogP contribution in [0.25, 0.3) is 0 Å². The molecule has 0 bridgehead atoms. The van der Waals surface area contributed by atoms with E-state index in [9.17, 15) is 5.11 Å². The van der Waals surface area contributed by atoms with E-state index < -0.39 is 6.10 Å². The van der Waals surface area contributed by atoms with E-state index in [2.05, 4.69) is 0 Å². The Kier molecular flexibility index (Phi) is 4.51. The van der Waals surface area contributed by atoms with Gasteiger partial charge in [-0.2, -0.15) is 0 Å². The van der Waals surface area contributed by atoms with Gasteiger partial charge in [-0.1, -0.05) is 25.7 Å². The third-order valence-corrected chi connectivity index (χ3v) is 4.29. The summed E-state index contributed by atoms with van der Waals surface area (Å²) in [6.07, 6.45) is 5.44. The summed E-state index contributed by atoms with van der Waals surface area (Å²) in [5, 5.41) is 10.1. The van der Waals surface area contributed by atoms with Crippen molar-refractivity contribution >= 4 is 0 Å². The Hall–Kier alpha value is -1.46. The van der Waals surface area contributed by atoms with Gasteiger partial charge in [0.25, 0.3) is 0 Å². The molecule has 1 aliphatic heterocycles. The summed E-state index contributed by atoms with van der Waals surface area (Å²) in [5.41, 5.74) is 6.61. The number of rotatable bonds is 6. The topological polar surface area (TPSA) is 73.9 Å². The molecule has 116 valence electrons. The second-order valence-corrected chi connectivity index (χ2v) is 5.87. The Morgan fingerprint density at radius 3 is 2.67 bits per heavy atom. The lowest BCUT2D eigenvalue weighted by Crippen LogP contribution is -2.21. The van der Waals surface area contributed by atoms with Gasteiger partial charge >= 0.3 is 0 Å². The van der Waals surface area contributed by atoms with E-state index >= 15 is 0 Å². The summed E-state index contributed by atoms with van der Waals surface area (Å²) in [5.74, 6) is 2.70. The van der Waals surface area contributed by atoms with Crippen molar-refractivity contribution in [1.29, 1.82) is 0 Å². The van der Waals surface area contributed by atoms with Crippen LogP contribution in [0.2, 0.25) is 0 Å². The molecule has 1 aromatic carbocycles. The van der Waals surface area contributed by atoms with Gasteiger partial charge in [0.1, 0.15) is 12.4 Å². The van der Waals surface area contributed by atoms with Gasteiger partial charge in [0, 0.05) is 18.2 Å². The zero-order valence-electron chi connectivity index (χ0n) is 12.2. The molecule has 0 spiro atoms. The van der Waals surface area contributed by atoms with Crippen molar-refractivity contribution in [1.82, 2.24) is 0 Å². The quantitative estimate of drug-likeness (QED) is 0.841. The highest BCUT2D eigenvalue weighted by molar-refractivity contribution is 5.51. The standard InChI is InChI=1S/C16H23NO4/c17-8-12-6-15-16(21-10-20-15)7-14(12)19-9-13(18)5-11-3-1-2-4-11/h6-7,11,13,18H,1-5,8-10,17H2. The molecule has 0 aromatic heterocycles. The molecule has 1 aliphatic carbocycles. The van der Waals surface area contributed by atoms with Crippen molar-refractivity contribution < 1.29 is 19.3 Å². The molecule has 1 heterocycles. The van der Waals surface area contributed by atoms with Crippen LogP contribution in [0.3, 0.4) is 0 Å². The van der Waals surface area contributed by atoms with Gasteiger partial charge in [-0.3, -0.25) is 0 Å². The Morgan fingerprint density at radius 1 is 1.24 bits per heavy atom. The van der Waals surface area contributed by atoms with Crippen LogP contribution < -0.4 is 19.9 Å². The summed E-state index contributed by atoms with van der Waals surface area (Å²) in [4.78, 5) is 0. The second kappa shape index (κ2) is 6.54. The van der Waals surface area contributed by atoms with Crippen LogP contribution >= 0.6 is 0 Å². The van der Waals surface area contributed by atoms with Crippen molar-refractivity contribution in [2.75, 3.05) is 13.4 Å². The van der Waals surface area contributed by atoms with E-state index in [-0.39, 0.29) is 6.79 Å². The number of aliphatic hydroxyl groups excluding tert-OH is 1. The van der Waals surface area contributed by atoms with Gasteiger partial charge in [-0.05, 0) is 18.4 Å². The predicted octanol–water partition coefficient (Wildman–Crippen LogP) is 2.19. The normalized spacial score (nSPS) is 19.0. The first kappa shape index (κ1) is 14.5. The van der Waals surface area contributed by atoms with Crippen molar-refractivity contribution in [3.8, 4) is 17.2 Å².